The Bertz CT molecular complexity index is 793. The number of aromatic nitrogens is 2. The van der Waals surface area contributed by atoms with Crippen molar-refractivity contribution in [2.45, 2.75) is 45.4 Å². The van der Waals surface area contributed by atoms with E-state index in [1.807, 2.05) is 36.7 Å². The Balaban J connectivity index is 1.61. The number of hydrogen-bond acceptors (Lipinski definition) is 2. The lowest BCUT2D eigenvalue weighted by atomic mass is 10.0. The quantitative estimate of drug-likeness (QED) is 0.436. The van der Waals surface area contributed by atoms with E-state index in [4.69, 9.17) is 0 Å². The summed E-state index contributed by atoms with van der Waals surface area (Å²) in [5.74, 6) is 0.523. The van der Waals surface area contributed by atoms with E-state index >= 15 is 0 Å². The maximum atomic E-state index is 13.0. The highest BCUT2D eigenvalue weighted by atomic mass is 19.1. The van der Waals surface area contributed by atoms with Crippen LogP contribution >= 0.6 is 0 Å². The van der Waals surface area contributed by atoms with Gasteiger partial charge in [-0.1, -0.05) is 69.0 Å². The molecule has 3 heteroatoms. The lowest BCUT2D eigenvalue weighted by Crippen LogP contribution is -1.93. The van der Waals surface area contributed by atoms with E-state index in [0.717, 1.165) is 28.9 Å². The first-order valence-electron chi connectivity index (χ1n) is 9.43. The fourth-order valence-corrected chi connectivity index (χ4v) is 3.02. The molecule has 0 aliphatic rings. The third-order valence-corrected chi connectivity index (χ3v) is 4.59. The molecule has 0 saturated heterocycles. The van der Waals surface area contributed by atoms with E-state index in [1.54, 1.807) is 12.1 Å². The van der Waals surface area contributed by atoms with Gasteiger partial charge in [0, 0.05) is 18.0 Å². The Kier molecular flexibility index (Phi) is 6.48. The average Bonchev–Trinajstić information content (AvgIpc) is 2.69. The standard InChI is InChI=1S/C23H25FN2/c1-2-3-4-5-6-7-18-16-25-23(26-17-18)21-10-8-19(9-11-21)20-12-14-22(24)15-13-20/h8-17H,2-7H2,1H3. The number of rotatable bonds is 8. The fraction of sp³-hybridized carbons (Fsp3) is 0.304. The molecule has 0 spiro atoms. The third-order valence-electron chi connectivity index (χ3n) is 4.59. The summed E-state index contributed by atoms with van der Waals surface area (Å²) in [5, 5.41) is 0. The highest BCUT2D eigenvalue weighted by Gasteiger charge is 2.04. The molecule has 0 aliphatic carbocycles. The largest absolute Gasteiger partial charge is 0.236 e. The summed E-state index contributed by atoms with van der Waals surface area (Å²) in [6.45, 7) is 2.23. The molecule has 134 valence electrons. The predicted octanol–water partition coefficient (Wildman–Crippen LogP) is 6.46. The number of halogens is 1. The van der Waals surface area contributed by atoms with Crippen LogP contribution in [0.3, 0.4) is 0 Å². The molecule has 2 aromatic carbocycles. The molecule has 0 atom stereocenters. The van der Waals surface area contributed by atoms with Gasteiger partial charge >= 0.3 is 0 Å². The van der Waals surface area contributed by atoms with E-state index in [-0.39, 0.29) is 5.82 Å². The zero-order valence-corrected chi connectivity index (χ0v) is 15.3. The van der Waals surface area contributed by atoms with Gasteiger partial charge in [0.25, 0.3) is 0 Å². The van der Waals surface area contributed by atoms with Gasteiger partial charge in [0.2, 0.25) is 0 Å². The van der Waals surface area contributed by atoms with Crippen molar-refractivity contribution in [3.63, 3.8) is 0 Å². The Labute approximate surface area is 155 Å². The zero-order valence-electron chi connectivity index (χ0n) is 15.3. The third kappa shape index (κ3) is 4.98. The van der Waals surface area contributed by atoms with Crippen molar-refractivity contribution >= 4 is 0 Å². The summed E-state index contributed by atoms with van der Waals surface area (Å²) in [4.78, 5) is 9.03. The second kappa shape index (κ2) is 9.23. The summed E-state index contributed by atoms with van der Waals surface area (Å²) in [6, 6.07) is 14.6. The van der Waals surface area contributed by atoms with Gasteiger partial charge in [-0.05, 0) is 41.7 Å². The van der Waals surface area contributed by atoms with Crippen LogP contribution < -0.4 is 0 Å². The molecule has 0 fully saturated rings. The van der Waals surface area contributed by atoms with E-state index in [0.29, 0.717) is 0 Å². The van der Waals surface area contributed by atoms with Crippen LogP contribution in [0.15, 0.2) is 60.9 Å². The van der Waals surface area contributed by atoms with Crippen LogP contribution in [-0.4, -0.2) is 9.97 Å². The highest BCUT2D eigenvalue weighted by Crippen LogP contribution is 2.23. The second-order valence-corrected chi connectivity index (χ2v) is 6.66. The van der Waals surface area contributed by atoms with Crippen molar-refractivity contribution in [3.8, 4) is 22.5 Å². The molecular weight excluding hydrogens is 323 g/mol. The zero-order chi connectivity index (χ0) is 18.2. The Hall–Kier alpha value is -2.55. The van der Waals surface area contributed by atoms with Crippen molar-refractivity contribution < 1.29 is 4.39 Å². The van der Waals surface area contributed by atoms with Crippen molar-refractivity contribution in [1.29, 1.82) is 0 Å². The molecule has 3 rings (SSSR count). The second-order valence-electron chi connectivity index (χ2n) is 6.66. The number of hydrogen-bond donors (Lipinski definition) is 0. The van der Waals surface area contributed by atoms with Crippen LogP contribution in [0.25, 0.3) is 22.5 Å². The molecule has 0 N–H and O–H groups in total. The Morgan fingerprint density at radius 3 is 1.85 bits per heavy atom. The van der Waals surface area contributed by atoms with Gasteiger partial charge in [-0.2, -0.15) is 0 Å². The maximum absolute atomic E-state index is 13.0. The minimum Gasteiger partial charge on any atom is -0.236 e. The van der Waals surface area contributed by atoms with Crippen molar-refractivity contribution in [2.24, 2.45) is 0 Å². The molecule has 3 aromatic rings. The van der Waals surface area contributed by atoms with Crippen molar-refractivity contribution in [3.05, 3.63) is 72.3 Å². The molecule has 2 nitrogen and oxygen atoms in total. The smallest absolute Gasteiger partial charge is 0.159 e. The van der Waals surface area contributed by atoms with E-state index in [9.17, 15) is 4.39 Å². The lowest BCUT2D eigenvalue weighted by molar-refractivity contribution is 0.628. The lowest BCUT2D eigenvalue weighted by Gasteiger charge is -2.05. The van der Waals surface area contributed by atoms with Gasteiger partial charge in [-0.15, -0.1) is 0 Å². The van der Waals surface area contributed by atoms with Crippen LogP contribution in [0, 0.1) is 5.82 Å². The molecule has 26 heavy (non-hydrogen) atoms. The summed E-state index contributed by atoms with van der Waals surface area (Å²) in [5.41, 5.74) is 4.24. The van der Waals surface area contributed by atoms with Crippen LogP contribution in [0.5, 0.6) is 0 Å². The number of nitrogens with zero attached hydrogens (tertiary/aromatic N) is 2. The van der Waals surface area contributed by atoms with Gasteiger partial charge in [0.15, 0.2) is 5.82 Å². The molecule has 0 aliphatic heterocycles. The first-order valence-corrected chi connectivity index (χ1v) is 9.43. The van der Waals surface area contributed by atoms with Gasteiger partial charge in [0.05, 0.1) is 0 Å². The van der Waals surface area contributed by atoms with E-state index in [2.05, 4.69) is 16.9 Å². The fourth-order valence-electron chi connectivity index (χ4n) is 3.02. The Morgan fingerprint density at radius 2 is 1.23 bits per heavy atom. The van der Waals surface area contributed by atoms with E-state index < -0.39 is 0 Å². The molecule has 0 bridgehead atoms. The predicted molar refractivity (Wildman–Crippen MR) is 105 cm³/mol. The SMILES string of the molecule is CCCCCCCc1cnc(-c2ccc(-c3ccc(F)cc3)cc2)nc1. The van der Waals surface area contributed by atoms with Crippen molar-refractivity contribution in [2.75, 3.05) is 0 Å². The number of aryl methyl sites for hydroxylation is 1. The molecule has 0 unspecified atom stereocenters. The van der Waals surface area contributed by atoms with Gasteiger partial charge in [-0.25, -0.2) is 14.4 Å². The minimum atomic E-state index is -0.218. The van der Waals surface area contributed by atoms with Gasteiger partial charge < -0.3 is 0 Å². The molecule has 1 aromatic heterocycles. The summed E-state index contributed by atoms with van der Waals surface area (Å²) >= 11 is 0. The molecule has 1 heterocycles. The van der Waals surface area contributed by atoms with Gasteiger partial charge in [0.1, 0.15) is 5.82 Å². The molecule has 0 radical (unpaired) electrons. The highest BCUT2D eigenvalue weighted by molar-refractivity contribution is 5.67. The topological polar surface area (TPSA) is 25.8 Å². The molecular formula is C23H25FN2. The first-order chi connectivity index (χ1) is 12.8. The van der Waals surface area contributed by atoms with Crippen molar-refractivity contribution in [1.82, 2.24) is 9.97 Å². The summed E-state index contributed by atoms with van der Waals surface area (Å²) < 4.78 is 13.0. The number of benzene rings is 2. The normalized spacial score (nSPS) is 10.8. The molecule has 0 amide bonds. The number of unbranched alkanes of at least 4 members (excludes halogenated alkanes) is 4. The monoisotopic (exact) mass is 348 g/mol. The van der Waals surface area contributed by atoms with Crippen LogP contribution in [0.1, 0.15) is 44.6 Å². The summed E-state index contributed by atoms with van der Waals surface area (Å²) in [6.07, 6.45) is 11.3. The van der Waals surface area contributed by atoms with Crippen LogP contribution in [0.2, 0.25) is 0 Å². The molecule has 0 saturated carbocycles. The van der Waals surface area contributed by atoms with E-state index in [1.165, 1.54) is 49.8 Å². The first kappa shape index (κ1) is 18.2. The minimum absolute atomic E-state index is 0.218. The summed E-state index contributed by atoms with van der Waals surface area (Å²) in [7, 11) is 0. The average molecular weight is 348 g/mol. The Morgan fingerprint density at radius 1 is 0.692 bits per heavy atom. The van der Waals surface area contributed by atoms with Gasteiger partial charge in [-0.3, -0.25) is 0 Å². The van der Waals surface area contributed by atoms with Crippen LogP contribution in [-0.2, 0) is 6.42 Å². The maximum Gasteiger partial charge on any atom is 0.159 e. The van der Waals surface area contributed by atoms with Crippen LogP contribution in [0.4, 0.5) is 4.39 Å².